The van der Waals surface area contributed by atoms with E-state index in [2.05, 4.69) is 21.8 Å². The van der Waals surface area contributed by atoms with Crippen molar-refractivity contribution in [3.63, 3.8) is 0 Å². The highest BCUT2D eigenvalue weighted by Gasteiger charge is 2.48. The minimum Gasteiger partial charge on any atom is -0.365 e. The number of nitrogens with two attached hydrogens (primary N) is 1. The first kappa shape index (κ1) is 21.9. The number of nitrogens with one attached hydrogen (secondary N) is 2. The van der Waals surface area contributed by atoms with E-state index in [-0.39, 0.29) is 24.1 Å². The van der Waals surface area contributed by atoms with E-state index in [1.165, 1.54) is 0 Å². The SMILES string of the molecule is CC(NC(=O)N1CC(CC#N)(n2cc(C(N)=O)c(Nc3ccccc3)n2)C1)c1ccccc1. The van der Waals surface area contributed by atoms with Crippen LogP contribution in [0.4, 0.5) is 16.3 Å². The number of carbonyl (C=O) groups excluding carboxylic acids is 2. The average Bonchev–Trinajstić information content (AvgIpc) is 3.21. The van der Waals surface area contributed by atoms with Crippen LogP contribution in [0.3, 0.4) is 0 Å². The number of aromatic nitrogens is 2. The number of likely N-dealkylation sites (tertiary alicyclic amines) is 1. The Kier molecular flexibility index (Phi) is 6.00. The fourth-order valence-electron chi connectivity index (χ4n) is 3.94. The molecular weight excluding hydrogens is 418 g/mol. The number of nitriles is 1. The van der Waals surface area contributed by atoms with E-state index in [1.54, 1.807) is 15.8 Å². The molecule has 9 heteroatoms. The maximum absolute atomic E-state index is 12.8. The van der Waals surface area contributed by atoms with Crippen LogP contribution in [-0.4, -0.2) is 39.7 Å². The molecule has 3 amide bonds. The molecule has 4 N–H and O–H groups in total. The summed E-state index contributed by atoms with van der Waals surface area (Å²) in [6.45, 7) is 2.50. The molecule has 2 aromatic carbocycles. The molecule has 9 nitrogen and oxygen atoms in total. The number of benzene rings is 2. The van der Waals surface area contributed by atoms with Gasteiger partial charge in [0.05, 0.1) is 31.6 Å². The summed E-state index contributed by atoms with van der Waals surface area (Å²) in [6, 6.07) is 20.8. The van der Waals surface area contributed by atoms with Crippen molar-refractivity contribution in [1.29, 1.82) is 5.26 Å². The van der Waals surface area contributed by atoms with Crippen molar-refractivity contribution in [3.8, 4) is 6.07 Å². The molecule has 4 rings (SSSR count). The van der Waals surface area contributed by atoms with Crippen LogP contribution in [0.1, 0.15) is 35.3 Å². The first-order valence-electron chi connectivity index (χ1n) is 10.6. The Balaban J connectivity index is 1.51. The number of carbonyl (C=O) groups is 2. The molecule has 0 aliphatic carbocycles. The quantitative estimate of drug-likeness (QED) is 0.517. The molecule has 1 unspecified atom stereocenters. The molecule has 1 saturated heterocycles. The second-order valence-corrected chi connectivity index (χ2v) is 8.19. The van der Waals surface area contributed by atoms with Gasteiger partial charge in [-0.15, -0.1) is 0 Å². The van der Waals surface area contributed by atoms with E-state index >= 15 is 0 Å². The van der Waals surface area contributed by atoms with Crippen molar-refractivity contribution < 1.29 is 9.59 Å². The molecule has 1 aromatic heterocycles. The highest BCUT2D eigenvalue weighted by atomic mass is 16.2. The number of amides is 3. The van der Waals surface area contributed by atoms with Gasteiger partial charge in [0.2, 0.25) is 0 Å². The van der Waals surface area contributed by atoms with E-state index in [0.29, 0.717) is 18.9 Å². The van der Waals surface area contributed by atoms with Crippen LogP contribution in [0.5, 0.6) is 0 Å². The normalized spacial score (nSPS) is 15.1. The van der Waals surface area contributed by atoms with Gasteiger partial charge in [0, 0.05) is 11.9 Å². The van der Waals surface area contributed by atoms with Gasteiger partial charge in [-0.25, -0.2) is 4.79 Å². The van der Waals surface area contributed by atoms with Crippen molar-refractivity contribution in [3.05, 3.63) is 78.0 Å². The lowest BCUT2D eigenvalue weighted by atomic mass is 9.87. The van der Waals surface area contributed by atoms with Gasteiger partial charge in [-0.3, -0.25) is 9.48 Å². The highest BCUT2D eigenvalue weighted by Crippen LogP contribution is 2.34. The smallest absolute Gasteiger partial charge is 0.318 e. The molecule has 0 bridgehead atoms. The Morgan fingerprint density at radius 1 is 1.15 bits per heavy atom. The van der Waals surface area contributed by atoms with Gasteiger partial charge in [-0.2, -0.15) is 10.4 Å². The summed E-state index contributed by atoms with van der Waals surface area (Å²) in [5, 5.41) is 20.1. The second kappa shape index (κ2) is 9.04. The molecular formula is C24H25N7O2. The summed E-state index contributed by atoms with van der Waals surface area (Å²) in [6.07, 6.45) is 1.68. The summed E-state index contributed by atoms with van der Waals surface area (Å²) in [7, 11) is 0. The monoisotopic (exact) mass is 443 g/mol. The molecule has 1 fully saturated rings. The number of primary amides is 1. The Morgan fingerprint density at radius 2 is 1.79 bits per heavy atom. The minimum atomic E-state index is -0.733. The number of urea groups is 1. The number of para-hydroxylation sites is 1. The Morgan fingerprint density at radius 3 is 2.39 bits per heavy atom. The zero-order valence-corrected chi connectivity index (χ0v) is 18.2. The molecule has 168 valence electrons. The number of hydrogen-bond donors (Lipinski definition) is 3. The predicted octanol–water partition coefficient (Wildman–Crippen LogP) is 3.12. The zero-order valence-electron chi connectivity index (χ0n) is 18.2. The largest absolute Gasteiger partial charge is 0.365 e. The number of hydrogen-bond acceptors (Lipinski definition) is 5. The van der Waals surface area contributed by atoms with Gasteiger partial charge in [0.25, 0.3) is 5.91 Å². The van der Waals surface area contributed by atoms with Gasteiger partial charge >= 0.3 is 6.03 Å². The molecule has 1 atom stereocenters. The fourth-order valence-corrected chi connectivity index (χ4v) is 3.94. The van der Waals surface area contributed by atoms with Crippen LogP contribution in [0.25, 0.3) is 0 Å². The first-order chi connectivity index (χ1) is 15.9. The van der Waals surface area contributed by atoms with E-state index in [0.717, 1.165) is 11.3 Å². The van der Waals surface area contributed by atoms with Gasteiger partial charge in [0.1, 0.15) is 11.1 Å². The molecule has 3 aromatic rings. The fraction of sp³-hybridized carbons (Fsp3) is 0.250. The molecule has 1 aliphatic heterocycles. The first-order valence-corrected chi connectivity index (χ1v) is 10.6. The summed E-state index contributed by atoms with van der Waals surface area (Å²) < 4.78 is 1.59. The van der Waals surface area contributed by atoms with Crippen LogP contribution in [0.2, 0.25) is 0 Å². The van der Waals surface area contributed by atoms with E-state index in [9.17, 15) is 14.9 Å². The van der Waals surface area contributed by atoms with Crippen LogP contribution < -0.4 is 16.4 Å². The maximum Gasteiger partial charge on any atom is 0.318 e. The molecule has 0 radical (unpaired) electrons. The van der Waals surface area contributed by atoms with Crippen molar-refractivity contribution in [2.24, 2.45) is 5.73 Å². The third kappa shape index (κ3) is 4.50. The van der Waals surface area contributed by atoms with Crippen LogP contribution >= 0.6 is 0 Å². The third-order valence-electron chi connectivity index (χ3n) is 5.81. The molecule has 2 heterocycles. The lowest BCUT2D eigenvalue weighted by Gasteiger charge is -2.49. The summed E-state index contributed by atoms with van der Waals surface area (Å²) >= 11 is 0. The highest BCUT2D eigenvalue weighted by molar-refractivity contribution is 5.98. The van der Waals surface area contributed by atoms with E-state index in [4.69, 9.17) is 5.73 Å². The summed E-state index contributed by atoms with van der Waals surface area (Å²) in [5.41, 5.74) is 6.82. The van der Waals surface area contributed by atoms with Crippen molar-refractivity contribution in [2.75, 3.05) is 18.4 Å². The van der Waals surface area contributed by atoms with Crippen molar-refractivity contribution in [2.45, 2.75) is 24.9 Å². The molecule has 0 spiro atoms. The standard InChI is InChI=1S/C24H25N7O2/c1-17(18-8-4-2-5-9-18)27-23(33)30-15-24(16-30,12-13-25)31-14-20(21(26)32)22(29-31)28-19-10-6-3-7-11-19/h2-11,14,17H,12,15-16H2,1H3,(H2,26,32)(H,27,33)(H,28,29). The molecule has 1 aliphatic rings. The van der Waals surface area contributed by atoms with Gasteiger partial charge in [-0.1, -0.05) is 48.5 Å². The summed E-state index contributed by atoms with van der Waals surface area (Å²) in [5.74, 6) is -0.316. The number of rotatable bonds is 7. The Bertz CT molecular complexity index is 1180. The Labute approximate surface area is 191 Å². The van der Waals surface area contributed by atoms with Gasteiger partial charge < -0.3 is 21.3 Å². The van der Waals surface area contributed by atoms with Crippen LogP contribution in [0, 0.1) is 11.3 Å². The predicted molar refractivity (Wildman–Crippen MR) is 124 cm³/mol. The average molecular weight is 444 g/mol. The van der Waals surface area contributed by atoms with Gasteiger partial charge in [0.15, 0.2) is 5.82 Å². The lowest BCUT2D eigenvalue weighted by Crippen LogP contribution is -2.66. The van der Waals surface area contributed by atoms with Crippen molar-refractivity contribution in [1.82, 2.24) is 20.0 Å². The second-order valence-electron chi connectivity index (χ2n) is 8.19. The van der Waals surface area contributed by atoms with Crippen LogP contribution in [-0.2, 0) is 5.54 Å². The summed E-state index contributed by atoms with van der Waals surface area (Å²) in [4.78, 5) is 26.4. The number of nitrogens with zero attached hydrogens (tertiary/aromatic N) is 4. The Hall–Kier alpha value is -4.32. The lowest BCUT2D eigenvalue weighted by molar-refractivity contribution is 0.0337. The minimum absolute atomic E-state index is 0.135. The third-order valence-corrected chi connectivity index (χ3v) is 5.81. The number of anilines is 2. The van der Waals surface area contributed by atoms with Gasteiger partial charge in [-0.05, 0) is 24.6 Å². The van der Waals surface area contributed by atoms with Crippen LogP contribution in [0.15, 0.2) is 66.9 Å². The van der Waals surface area contributed by atoms with E-state index < -0.39 is 11.4 Å². The van der Waals surface area contributed by atoms with Crippen molar-refractivity contribution >= 4 is 23.4 Å². The molecule has 0 saturated carbocycles. The maximum atomic E-state index is 12.8. The zero-order chi connectivity index (χ0) is 23.4. The topological polar surface area (TPSA) is 129 Å². The van der Waals surface area contributed by atoms with E-state index in [1.807, 2.05) is 67.6 Å². The molecule has 33 heavy (non-hydrogen) atoms.